The van der Waals surface area contributed by atoms with Gasteiger partial charge in [0.15, 0.2) is 0 Å². The van der Waals surface area contributed by atoms with Gasteiger partial charge in [-0.1, -0.05) is 12.1 Å². The Morgan fingerprint density at radius 2 is 2.00 bits per heavy atom. The Hall–Kier alpha value is -2.50. The summed E-state index contributed by atoms with van der Waals surface area (Å²) in [6.45, 7) is 0. The van der Waals surface area contributed by atoms with Crippen molar-refractivity contribution in [1.82, 2.24) is 0 Å². The Kier molecular flexibility index (Phi) is 3.18. The van der Waals surface area contributed by atoms with Crippen molar-refractivity contribution >= 4 is 28.6 Å². The standard InChI is InChI=1S/C12H11NO5/c14-11(15)5-8(12(16)17)13-9-6-18-10-4-2-1-3-7(9)10/h1-4,6,8,13H,5H2,(H,14,15)(H,16,17). The summed E-state index contributed by atoms with van der Waals surface area (Å²) in [7, 11) is 0. The molecule has 1 aromatic heterocycles. The number of carboxylic acid groups (broad SMARTS) is 2. The number of benzene rings is 1. The lowest BCUT2D eigenvalue weighted by atomic mass is 10.2. The molecule has 0 spiro atoms. The lowest BCUT2D eigenvalue weighted by molar-refractivity contribution is -0.144. The van der Waals surface area contributed by atoms with Gasteiger partial charge >= 0.3 is 11.9 Å². The van der Waals surface area contributed by atoms with Gasteiger partial charge in [0.2, 0.25) is 0 Å². The zero-order valence-electron chi connectivity index (χ0n) is 9.29. The zero-order valence-corrected chi connectivity index (χ0v) is 9.29. The largest absolute Gasteiger partial charge is 0.481 e. The number of para-hydroxylation sites is 1. The summed E-state index contributed by atoms with van der Waals surface area (Å²) in [5.74, 6) is -2.40. The minimum absolute atomic E-state index is 0.472. The molecule has 0 aliphatic carbocycles. The Labute approximate surface area is 102 Å². The average molecular weight is 249 g/mol. The molecule has 1 aromatic carbocycles. The van der Waals surface area contributed by atoms with Crippen LogP contribution in [-0.2, 0) is 9.59 Å². The van der Waals surface area contributed by atoms with E-state index < -0.39 is 24.4 Å². The van der Waals surface area contributed by atoms with Crippen molar-refractivity contribution in [2.75, 3.05) is 5.32 Å². The molecule has 94 valence electrons. The van der Waals surface area contributed by atoms with E-state index in [0.717, 1.165) is 0 Å². The summed E-state index contributed by atoms with van der Waals surface area (Å²) in [6.07, 6.45) is 0.872. The number of hydrogen-bond acceptors (Lipinski definition) is 4. The van der Waals surface area contributed by atoms with Crippen LogP contribution >= 0.6 is 0 Å². The van der Waals surface area contributed by atoms with Crippen LogP contribution in [0.2, 0.25) is 0 Å². The van der Waals surface area contributed by atoms with Crippen molar-refractivity contribution in [3.8, 4) is 0 Å². The third kappa shape index (κ3) is 2.42. The fraction of sp³-hybridized carbons (Fsp3) is 0.167. The third-order valence-electron chi connectivity index (χ3n) is 2.49. The molecule has 6 nitrogen and oxygen atoms in total. The molecule has 0 saturated heterocycles. The predicted octanol–water partition coefficient (Wildman–Crippen LogP) is 1.77. The molecule has 2 aromatic rings. The minimum atomic E-state index is -1.22. The summed E-state index contributed by atoms with van der Waals surface area (Å²) < 4.78 is 5.23. The molecule has 0 fully saturated rings. The van der Waals surface area contributed by atoms with Gasteiger partial charge in [0.1, 0.15) is 17.9 Å². The minimum Gasteiger partial charge on any atom is -0.481 e. The normalized spacial score (nSPS) is 12.2. The molecule has 2 rings (SSSR count). The van der Waals surface area contributed by atoms with Crippen LogP contribution in [-0.4, -0.2) is 28.2 Å². The van der Waals surface area contributed by atoms with Crippen molar-refractivity contribution in [2.24, 2.45) is 0 Å². The molecular weight excluding hydrogens is 238 g/mol. The number of hydrogen-bond donors (Lipinski definition) is 3. The monoisotopic (exact) mass is 249 g/mol. The number of aliphatic carboxylic acids is 2. The fourth-order valence-corrected chi connectivity index (χ4v) is 1.65. The molecule has 18 heavy (non-hydrogen) atoms. The highest BCUT2D eigenvalue weighted by molar-refractivity contribution is 5.93. The van der Waals surface area contributed by atoms with Gasteiger partial charge in [0.05, 0.1) is 12.1 Å². The molecule has 1 heterocycles. The van der Waals surface area contributed by atoms with Crippen molar-refractivity contribution in [3.63, 3.8) is 0 Å². The SMILES string of the molecule is O=C(O)CC(Nc1coc2ccccc12)C(=O)O. The van der Waals surface area contributed by atoms with Crippen LogP contribution in [0.5, 0.6) is 0 Å². The summed E-state index contributed by atoms with van der Waals surface area (Å²) in [5.41, 5.74) is 1.08. The molecule has 0 saturated carbocycles. The summed E-state index contributed by atoms with van der Waals surface area (Å²) >= 11 is 0. The van der Waals surface area contributed by atoms with Crippen LogP contribution in [0.4, 0.5) is 5.69 Å². The highest BCUT2D eigenvalue weighted by atomic mass is 16.4. The molecule has 3 N–H and O–H groups in total. The van der Waals surface area contributed by atoms with E-state index in [4.69, 9.17) is 14.6 Å². The molecule has 0 aliphatic heterocycles. The maximum atomic E-state index is 10.9. The Bertz CT molecular complexity index is 589. The molecule has 0 amide bonds. The van der Waals surface area contributed by atoms with Crippen LogP contribution in [0, 0.1) is 0 Å². The van der Waals surface area contributed by atoms with Gasteiger partial charge < -0.3 is 19.9 Å². The molecule has 0 radical (unpaired) electrons. The number of anilines is 1. The second kappa shape index (κ2) is 4.79. The predicted molar refractivity (Wildman–Crippen MR) is 63.5 cm³/mol. The number of furan rings is 1. The fourth-order valence-electron chi connectivity index (χ4n) is 1.65. The van der Waals surface area contributed by atoms with Gasteiger partial charge in [-0.25, -0.2) is 4.79 Å². The van der Waals surface area contributed by atoms with Gasteiger partial charge in [0.25, 0.3) is 0 Å². The maximum Gasteiger partial charge on any atom is 0.326 e. The van der Waals surface area contributed by atoms with Gasteiger partial charge in [0, 0.05) is 5.39 Å². The van der Waals surface area contributed by atoms with Crippen LogP contribution in [0.1, 0.15) is 6.42 Å². The molecule has 0 aliphatic rings. The topological polar surface area (TPSA) is 99.8 Å². The van der Waals surface area contributed by atoms with E-state index in [-0.39, 0.29) is 0 Å². The molecule has 1 atom stereocenters. The summed E-state index contributed by atoms with van der Waals surface area (Å²) in [4.78, 5) is 21.5. The van der Waals surface area contributed by atoms with Crippen LogP contribution in [0.25, 0.3) is 11.0 Å². The third-order valence-corrected chi connectivity index (χ3v) is 2.49. The second-order valence-electron chi connectivity index (χ2n) is 3.78. The number of fused-ring (bicyclic) bond motifs is 1. The quantitative estimate of drug-likeness (QED) is 0.746. The Balaban J connectivity index is 2.26. The van der Waals surface area contributed by atoms with Gasteiger partial charge in [-0.15, -0.1) is 0 Å². The first-order valence-corrected chi connectivity index (χ1v) is 5.25. The van der Waals surface area contributed by atoms with E-state index in [1.807, 2.05) is 0 Å². The lowest BCUT2D eigenvalue weighted by Gasteiger charge is -2.12. The van der Waals surface area contributed by atoms with Gasteiger partial charge in [-0.2, -0.15) is 0 Å². The molecule has 1 unspecified atom stereocenters. The van der Waals surface area contributed by atoms with E-state index in [9.17, 15) is 9.59 Å². The number of carbonyl (C=O) groups is 2. The molecule has 6 heteroatoms. The highest BCUT2D eigenvalue weighted by Gasteiger charge is 2.22. The van der Waals surface area contributed by atoms with E-state index >= 15 is 0 Å². The summed E-state index contributed by atoms with van der Waals surface area (Å²) in [6, 6.07) is 5.90. The molecule has 0 bridgehead atoms. The van der Waals surface area contributed by atoms with E-state index in [1.165, 1.54) is 6.26 Å². The van der Waals surface area contributed by atoms with Crippen LogP contribution in [0.3, 0.4) is 0 Å². The average Bonchev–Trinajstić information content (AvgIpc) is 2.71. The van der Waals surface area contributed by atoms with Crippen molar-refractivity contribution in [2.45, 2.75) is 12.5 Å². The van der Waals surface area contributed by atoms with Gasteiger partial charge in [-0.05, 0) is 12.1 Å². The summed E-state index contributed by atoms with van der Waals surface area (Å²) in [5, 5.41) is 21.0. The van der Waals surface area contributed by atoms with Crippen molar-refractivity contribution < 1.29 is 24.2 Å². The highest BCUT2D eigenvalue weighted by Crippen LogP contribution is 2.26. The van der Waals surface area contributed by atoms with E-state index in [1.54, 1.807) is 24.3 Å². The number of nitrogens with one attached hydrogen (secondary N) is 1. The first kappa shape index (κ1) is 12.0. The second-order valence-corrected chi connectivity index (χ2v) is 3.78. The van der Waals surface area contributed by atoms with Crippen molar-refractivity contribution in [1.29, 1.82) is 0 Å². The Morgan fingerprint density at radius 3 is 2.67 bits per heavy atom. The van der Waals surface area contributed by atoms with E-state index in [0.29, 0.717) is 16.7 Å². The first-order valence-electron chi connectivity index (χ1n) is 5.25. The number of carboxylic acids is 2. The lowest BCUT2D eigenvalue weighted by Crippen LogP contribution is -2.31. The van der Waals surface area contributed by atoms with Gasteiger partial charge in [-0.3, -0.25) is 4.79 Å². The van der Waals surface area contributed by atoms with Crippen molar-refractivity contribution in [3.05, 3.63) is 30.5 Å². The Morgan fingerprint density at radius 1 is 1.28 bits per heavy atom. The zero-order chi connectivity index (χ0) is 13.1. The maximum absolute atomic E-state index is 10.9. The number of rotatable bonds is 5. The first-order chi connectivity index (χ1) is 8.58. The van der Waals surface area contributed by atoms with Crippen LogP contribution in [0.15, 0.2) is 34.9 Å². The molecular formula is C12H11NO5. The smallest absolute Gasteiger partial charge is 0.326 e. The van der Waals surface area contributed by atoms with Crippen LogP contribution < -0.4 is 5.32 Å². The van der Waals surface area contributed by atoms with E-state index in [2.05, 4.69) is 5.32 Å².